The van der Waals surface area contributed by atoms with Crippen molar-refractivity contribution in [3.8, 4) is 0 Å². The minimum absolute atomic E-state index is 0.498. The molecule has 1 aromatic rings. The molecule has 3 heteroatoms. The van der Waals surface area contributed by atoms with Crippen LogP contribution in [-0.4, -0.2) is 18.0 Å². The molecule has 1 unspecified atom stereocenters. The Labute approximate surface area is 104 Å². The molecular weight excluding hydrogens is 212 g/mol. The fourth-order valence-electron chi connectivity index (χ4n) is 2.63. The molecule has 3 nitrogen and oxygen atoms in total. The SMILES string of the molecule is CCC1CCCN(Cc2ccc(CN)o2)CC1. The van der Waals surface area contributed by atoms with Crippen LogP contribution in [0.5, 0.6) is 0 Å². The molecule has 1 aromatic heterocycles. The summed E-state index contributed by atoms with van der Waals surface area (Å²) in [6.07, 6.45) is 5.37. The second kappa shape index (κ2) is 6.22. The highest BCUT2D eigenvalue weighted by atomic mass is 16.3. The molecule has 17 heavy (non-hydrogen) atoms. The first-order valence-corrected chi connectivity index (χ1v) is 6.81. The number of hydrogen-bond acceptors (Lipinski definition) is 3. The maximum absolute atomic E-state index is 5.66. The van der Waals surface area contributed by atoms with Crippen LogP contribution in [0.15, 0.2) is 16.5 Å². The predicted molar refractivity (Wildman–Crippen MR) is 69.5 cm³/mol. The first-order chi connectivity index (χ1) is 8.31. The van der Waals surface area contributed by atoms with Gasteiger partial charge in [0.15, 0.2) is 0 Å². The third-order valence-corrected chi connectivity index (χ3v) is 3.82. The summed E-state index contributed by atoms with van der Waals surface area (Å²) in [4.78, 5) is 2.51. The molecule has 0 bridgehead atoms. The molecule has 1 atom stereocenters. The number of furan rings is 1. The Kier molecular flexibility index (Phi) is 4.63. The lowest BCUT2D eigenvalue weighted by molar-refractivity contribution is 0.247. The van der Waals surface area contributed by atoms with E-state index in [1.165, 1.54) is 38.8 Å². The van der Waals surface area contributed by atoms with Gasteiger partial charge in [-0.1, -0.05) is 13.3 Å². The average Bonchev–Trinajstić information content (AvgIpc) is 2.68. The lowest BCUT2D eigenvalue weighted by Crippen LogP contribution is -2.24. The van der Waals surface area contributed by atoms with E-state index in [-0.39, 0.29) is 0 Å². The van der Waals surface area contributed by atoms with Crippen LogP contribution >= 0.6 is 0 Å². The van der Waals surface area contributed by atoms with Gasteiger partial charge in [-0.25, -0.2) is 0 Å². The van der Waals surface area contributed by atoms with Crippen molar-refractivity contribution in [1.82, 2.24) is 4.90 Å². The Balaban J connectivity index is 1.86. The fourth-order valence-corrected chi connectivity index (χ4v) is 2.63. The Morgan fingerprint density at radius 2 is 2.12 bits per heavy atom. The van der Waals surface area contributed by atoms with E-state index < -0.39 is 0 Å². The van der Waals surface area contributed by atoms with Gasteiger partial charge in [0.05, 0.1) is 13.1 Å². The van der Waals surface area contributed by atoms with E-state index in [1.54, 1.807) is 0 Å². The monoisotopic (exact) mass is 236 g/mol. The first kappa shape index (κ1) is 12.7. The Hall–Kier alpha value is -0.800. The van der Waals surface area contributed by atoms with Gasteiger partial charge in [-0.2, -0.15) is 0 Å². The summed E-state index contributed by atoms with van der Waals surface area (Å²) in [7, 11) is 0. The molecule has 1 saturated heterocycles. The zero-order chi connectivity index (χ0) is 12.1. The van der Waals surface area contributed by atoms with Crippen LogP contribution in [0.1, 0.15) is 44.1 Å². The van der Waals surface area contributed by atoms with E-state index in [4.69, 9.17) is 10.2 Å². The third kappa shape index (κ3) is 3.58. The van der Waals surface area contributed by atoms with E-state index >= 15 is 0 Å². The van der Waals surface area contributed by atoms with Gasteiger partial charge in [0.25, 0.3) is 0 Å². The molecule has 0 amide bonds. The van der Waals surface area contributed by atoms with Crippen LogP contribution in [0, 0.1) is 5.92 Å². The summed E-state index contributed by atoms with van der Waals surface area (Å²) in [5, 5.41) is 0. The highest BCUT2D eigenvalue weighted by molar-refractivity contribution is 5.06. The molecular formula is C14H24N2O. The van der Waals surface area contributed by atoms with E-state index in [2.05, 4.69) is 17.9 Å². The van der Waals surface area contributed by atoms with Crippen molar-refractivity contribution in [1.29, 1.82) is 0 Å². The molecule has 1 aliphatic rings. The second-order valence-electron chi connectivity index (χ2n) is 5.05. The number of rotatable bonds is 4. The van der Waals surface area contributed by atoms with Gasteiger partial charge in [0, 0.05) is 0 Å². The predicted octanol–water partition coefficient (Wildman–Crippen LogP) is 2.75. The first-order valence-electron chi connectivity index (χ1n) is 6.81. The fraction of sp³-hybridized carbons (Fsp3) is 0.714. The molecule has 2 heterocycles. The molecule has 0 aliphatic carbocycles. The summed E-state index contributed by atoms with van der Waals surface area (Å²) in [5.41, 5.74) is 5.55. The second-order valence-corrected chi connectivity index (χ2v) is 5.05. The van der Waals surface area contributed by atoms with E-state index in [0.717, 1.165) is 24.0 Å². The highest BCUT2D eigenvalue weighted by Gasteiger charge is 2.16. The summed E-state index contributed by atoms with van der Waals surface area (Å²) in [6.45, 7) is 6.15. The number of nitrogens with zero attached hydrogens (tertiary/aromatic N) is 1. The minimum atomic E-state index is 0.498. The van der Waals surface area contributed by atoms with E-state index in [1.807, 2.05) is 6.07 Å². The topological polar surface area (TPSA) is 42.4 Å². The number of hydrogen-bond donors (Lipinski definition) is 1. The molecule has 0 aromatic carbocycles. The van der Waals surface area contributed by atoms with Crippen molar-refractivity contribution < 1.29 is 4.42 Å². The van der Waals surface area contributed by atoms with Gasteiger partial charge >= 0.3 is 0 Å². The van der Waals surface area contributed by atoms with Gasteiger partial charge in [0.2, 0.25) is 0 Å². The molecule has 96 valence electrons. The van der Waals surface area contributed by atoms with Crippen molar-refractivity contribution in [3.63, 3.8) is 0 Å². The maximum Gasteiger partial charge on any atom is 0.118 e. The zero-order valence-corrected chi connectivity index (χ0v) is 10.8. The highest BCUT2D eigenvalue weighted by Crippen LogP contribution is 2.21. The summed E-state index contributed by atoms with van der Waals surface area (Å²) < 4.78 is 5.66. The van der Waals surface area contributed by atoms with Crippen LogP contribution < -0.4 is 5.73 Å². The van der Waals surface area contributed by atoms with Gasteiger partial charge in [-0.3, -0.25) is 4.90 Å². The number of nitrogens with two attached hydrogens (primary N) is 1. The molecule has 1 aliphatic heterocycles. The average molecular weight is 236 g/mol. The Bertz CT molecular complexity index is 335. The molecule has 0 saturated carbocycles. The van der Waals surface area contributed by atoms with Gasteiger partial charge in [-0.15, -0.1) is 0 Å². The van der Waals surface area contributed by atoms with E-state index in [9.17, 15) is 0 Å². The zero-order valence-electron chi connectivity index (χ0n) is 10.8. The normalized spacial score (nSPS) is 22.6. The van der Waals surface area contributed by atoms with Crippen LogP contribution in [0.3, 0.4) is 0 Å². The standard InChI is InChI=1S/C14H24N2O/c1-2-12-4-3-8-16(9-7-12)11-14-6-5-13(10-15)17-14/h5-6,12H,2-4,7-11,15H2,1H3. The molecule has 0 spiro atoms. The molecule has 2 rings (SSSR count). The smallest absolute Gasteiger partial charge is 0.118 e. The minimum Gasteiger partial charge on any atom is -0.463 e. The van der Waals surface area contributed by atoms with Crippen LogP contribution in [0.2, 0.25) is 0 Å². The summed E-state index contributed by atoms with van der Waals surface area (Å²) in [5.74, 6) is 2.87. The third-order valence-electron chi connectivity index (χ3n) is 3.82. The van der Waals surface area contributed by atoms with Crippen LogP contribution in [0.25, 0.3) is 0 Å². The van der Waals surface area contributed by atoms with Crippen LogP contribution in [0.4, 0.5) is 0 Å². The van der Waals surface area contributed by atoms with Crippen molar-refractivity contribution >= 4 is 0 Å². The molecule has 1 fully saturated rings. The van der Waals surface area contributed by atoms with Gasteiger partial charge in [-0.05, 0) is 50.4 Å². The quantitative estimate of drug-likeness (QED) is 0.874. The Morgan fingerprint density at radius 1 is 1.29 bits per heavy atom. The summed E-state index contributed by atoms with van der Waals surface area (Å²) in [6, 6.07) is 4.05. The van der Waals surface area contributed by atoms with Crippen molar-refractivity contribution in [2.45, 2.75) is 45.7 Å². The van der Waals surface area contributed by atoms with Crippen molar-refractivity contribution in [3.05, 3.63) is 23.7 Å². The lowest BCUT2D eigenvalue weighted by atomic mass is 9.98. The van der Waals surface area contributed by atoms with Crippen molar-refractivity contribution in [2.24, 2.45) is 11.7 Å². The van der Waals surface area contributed by atoms with Crippen molar-refractivity contribution in [2.75, 3.05) is 13.1 Å². The van der Waals surface area contributed by atoms with Crippen LogP contribution in [-0.2, 0) is 13.1 Å². The van der Waals surface area contributed by atoms with E-state index in [0.29, 0.717) is 6.54 Å². The number of likely N-dealkylation sites (tertiary alicyclic amines) is 1. The summed E-state index contributed by atoms with van der Waals surface area (Å²) >= 11 is 0. The maximum atomic E-state index is 5.66. The largest absolute Gasteiger partial charge is 0.463 e. The lowest BCUT2D eigenvalue weighted by Gasteiger charge is -2.18. The molecule has 2 N–H and O–H groups in total. The Morgan fingerprint density at radius 3 is 2.82 bits per heavy atom. The molecule has 0 radical (unpaired) electrons. The van der Waals surface area contributed by atoms with Gasteiger partial charge in [0.1, 0.15) is 11.5 Å². The van der Waals surface area contributed by atoms with Gasteiger partial charge < -0.3 is 10.2 Å².